The Labute approximate surface area is 175 Å². The highest BCUT2D eigenvalue weighted by Gasteiger charge is 2.20. The molecular formula is C19H16Cl2N2O4S. The lowest BCUT2D eigenvalue weighted by molar-refractivity contribution is 0.0959. The molecule has 1 amide bonds. The number of para-hydroxylation sites is 1. The van der Waals surface area contributed by atoms with Crippen molar-refractivity contribution in [1.82, 2.24) is 5.43 Å². The van der Waals surface area contributed by atoms with Crippen molar-refractivity contribution in [3.05, 3.63) is 50.8 Å². The van der Waals surface area contributed by atoms with Crippen molar-refractivity contribution < 1.29 is 19.0 Å². The van der Waals surface area contributed by atoms with Gasteiger partial charge in [0.25, 0.3) is 5.91 Å². The Morgan fingerprint density at radius 2 is 1.79 bits per heavy atom. The van der Waals surface area contributed by atoms with Crippen LogP contribution < -0.4 is 19.6 Å². The topological polar surface area (TPSA) is 69.2 Å². The number of benzene rings is 2. The molecule has 1 aromatic heterocycles. The molecule has 0 aliphatic rings. The zero-order valence-corrected chi connectivity index (χ0v) is 17.5. The van der Waals surface area contributed by atoms with Crippen LogP contribution in [0.25, 0.3) is 10.1 Å². The van der Waals surface area contributed by atoms with Gasteiger partial charge in [-0.05, 0) is 24.3 Å². The minimum Gasteiger partial charge on any atom is -0.495 e. The molecule has 0 atom stereocenters. The van der Waals surface area contributed by atoms with E-state index in [0.717, 1.165) is 0 Å². The number of ether oxygens (including phenoxy) is 3. The first-order valence-electron chi connectivity index (χ1n) is 8.00. The zero-order chi connectivity index (χ0) is 20.3. The van der Waals surface area contributed by atoms with E-state index in [1.54, 1.807) is 37.4 Å². The van der Waals surface area contributed by atoms with Gasteiger partial charge in [0.2, 0.25) is 0 Å². The lowest BCUT2D eigenvalue weighted by Gasteiger charge is -2.09. The summed E-state index contributed by atoms with van der Waals surface area (Å²) in [7, 11) is 4.60. The van der Waals surface area contributed by atoms with Gasteiger partial charge in [0.15, 0.2) is 11.5 Å². The van der Waals surface area contributed by atoms with E-state index in [2.05, 4.69) is 10.5 Å². The molecule has 3 rings (SSSR count). The SMILES string of the molecule is COc1cccc(/C=N/NC(=O)c2sc3c(Cl)c(OC)ccc3c2Cl)c1OC. The molecule has 0 bridgehead atoms. The quantitative estimate of drug-likeness (QED) is 0.434. The van der Waals surface area contributed by atoms with E-state index in [9.17, 15) is 4.79 Å². The van der Waals surface area contributed by atoms with Gasteiger partial charge in [-0.25, -0.2) is 5.43 Å². The number of amides is 1. The summed E-state index contributed by atoms with van der Waals surface area (Å²) in [5, 5.41) is 5.41. The lowest BCUT2D eigenvalue weighted by Crippen LogP contribution is -2.16. The number of hydrogen-bond acceptors (Lipinski definition) is 6. The molecule has 0 saturated carbocycles. The summed E-state index contributed by atoms with van der Waals surface area (Å²) < 4.78 is 16.4. The molecule has 1 heterocycles. The molecule has 1 N–H and O–H groups in total. The van der Waals surface area contributed by atoms with E-state index in [-0.39, 0.29) is 0 Å². The van der Waals surface area contributed by atoms with Crippen LogP contribution >= 0.6 is 34.5 Å². The van der Waals surface area contributed by atoms with Gasteiger partial charge in [0, 0.05) is 10.9 Å². The van der Waals surface area contributed by atoms with Gasteiger partial charge in [0.1, 0.15) is 15.6 Å². The van der Waals surface area contributed by atoms with Crippen LogP contribution in [0.2, 0.25) is 10.0 Å². The van der Waals surface area contributed by atoms with E-state index in [1.165, 1.54) is 31.8 Å². The fourth-order valence-corrected chi connectivity index (χ4v) is 4.39. The summed E-state index contributed by atoms with van der Waals surface area (Å²) >= 11 is 13.9. The van der Waals surface area contributed by atoms with Crippen molar-refractivity contribution in [1.29, 1.82) is 0 Å². The number of rotatable bonds is 6. The van der Waals surface area contributed by atoms with Gasteiger partial charge in [-0.3, -0.25) is 4.79 Å². The number of fused-ring (bicyclic) bond motifs is 1. The zero-order valence-electron chi connectivity index (χ0n) is 15.2. The summed E-state index contributed by atoms with van der Waals surface area (Å²) in [6.07, 6.45) is 1.47. The Kier molecular flexibility index (Phi) is 6.28. The molecular weight excluding hydrogens is 423 g/mol. The molecule has 0 spiro atoms. The standard InChI is InChI=1S/C19H16Cl2N2O4S/c1-25-12-8-7-11-14(20)18(28-17(11)15(12)21)19(24)23-22-9-10-5-4-6-13(26-2)16(10)27-3/h4-9H,1-3H3,(H,23,24)/b22-9+. The normalized spacial score (nSPS) is 11.0. The fourth-order valence-electron chi connectivity index (χ4n) is 2.61. The summed E-state index contributed by atoms with van der Waals surface area (Å²) in [4.78, 5) is 12.8. The molecule has 2 aromatic carbocycles. The van der Waals surface area contributed by atoms with Crippen molar-refractivity contribution in [2.24, 2.45) is 5.10 Å². The predicted molar refractivity (Wildman–Crippen MR) is 113 cm³/mol. The number of nitrogens with one attached hydrogen (secondary N) is 1. The number of methoxy groups -OCH3 is 3. The minimum absolute atomic E-state index is 0.307. The minimum atomic E-state index is -0.445. The number of halogens is 2. The van der Waals surface area contributed by atoms with E-state index in [0.29, 0.717) is 47.8 Å². The number of carbonyl (C=O) groups is 1. The third-order valence-corrected chi connectivity index (χ3v) is 6.14. The van der Waals surface area contributed by atoms with Gasteiger partial charge >= 0.3 is 0 Å². The predicted octanol–water partition coefficient (Wildman–Crippen LogP) is 5.00. The van der Waals surface area contributed by atoms with Crippen LogP contribution in [0, 0.1) is 0 Å². The van der Waals surface area contributed by atoms with Gasteiger partial charge in [-0.2, -0.15) is 5.10 Å². The molecule has 0 radical (unpaired) electrons. The first-order valence-corrected chi connectivity index (χ1v) is 9.58. The van der Waals surface area contributed by atoms with E-state index < -0.39 is 5.91 Å². The molecule has 146 valence electrons. The van der Waals surface area contributed by atoms with Gasteiger partial charge in [-0.1, -0.05) is 29.3 Å². The van der Waals surface area contributed by atoms with Crippen molar-refractivity contribution in [2.45, 2.75) is 0 Å². The number of hydrogen-bond donors (Lipinski definition) is 1. The molecule has 0 fully saturated rings. The summed E-state index contributed by atoms with van der Waals surface area (Å²) in [5.41, 5.74) is 3.12. The molecule has 6 nitrogen and oxygen atoms in total. The highest BCUT2D eigenvalue weighted by molar-refractivity contribution is 7.22. The van der Waals surface area contributed by atoms with Crippen LogP contribution in [-0.2, 0) is 0 Å². The van der Waals surface area contributed by atoms with Crippen LogP contribution in [0.15, 0.2) is 35.4 Å². The van der Waals surface area contributed by atoms with Crippen LogP contribution in [0.4, 0.5) is 0 Å². The monoisotopic (exact) mass is 438 g/mol. The van der Waals surface area contributed by atoms with Gasteiger partial charge < -0.3 is 14.2 Å². The average molecular weight is 439 g/mol. The second kappa shape index (κ2) is 8.68. The van der Waals surface area contributed by atoms with Crippen molar-refractivity contribution in [2.75, 3.05) is 21.3 Å². The summed E-state index contributed by atoms with van der Waals surface area (Å²) in [6.45, 7) is 0. The van der Waals surface area contributed by atoms with Crippen LogP contribution in [0.5, 0.6) is 17.2 Å². The largest absolute Gasteiger partial charge is 0.495 e. The Bertz CT molecular complexity index is 1070. The smallest absolute Gasteiger partial charge is 0.283 e. The lowest BCUT2D eigenvalue weighted by atomic mass is 10.2. The maximum Gasteiger partial charge on any atom is 0.283 e. The fraction of sp³-hybridized carbons (Fsp3) is 0.158. The van der Waals surface area contributed by atoms with E-state index in [1.807, 2.05) is 0 Å². The molecule has 9 heteroatoms. The van der Waals surface area contributed by atoms with E-state index in [4.69, 9.17) is 37.4 Å². The molecule has 0 aliphatic carbocycles. The molecule has 0 saturated heterocycles. The van der Waals surface area contributed by atoms with Gasteiger partial charge in [0.05, 0.1) is 37.3 Å². The summed E-state index contributed by atoms with van der Waals surface area (Å²) in [6, 6.07) is 8.82. The Hall–Kier alpha value is -2.48. The maximum absolute atomic E-state index is 12.5. The molecule has 28 heavy (non-hydrogen) atoms. The second-order valence-corrected chi connectivity index (χ2v) is 7.26. The highest BCUT2D eigenvalue weighted by Crippen LogP contribution is 2.42. The molecule has 3 aromatic rings. The molecule has 0 aliphatic heterocycles. The number of nitrogens with zero attached hydrogens (tertiary/aromatic N) is 1. The first-order chi connectivity index (χ1) is 13.5. The Morgan fingerprint density at radius 1 is 1.04 bits per heavy atom. The Balaban J connectivity index is 1.85. The highest BCUT2D eigenvalue weighted by atomic mass is 35.5. The van der Waals surface area contributed by atoms with E-state index >= 15 is 0 Å². The van der Waals surface area contributed by atoms with Crippen LogP contribution in [0.1, 0.15) is 15.2 Å². The van der Waals surface area contributed by atoms with Crippen LogP contribution in [-0.4, -0.2) is 33.5 Å². The Morgan fingerprint density at radius 3 is 2.46 bits per heavy atom. The third kappa shape index (κ3) is 3.73. The number of hydrazone groups is 1. The van der Waals surface area contributed by atoms with Crippen molar-refractivity contribution in [3.8, 4) is 17.2 Å². The number of thiophene rings is 1. The van der Waals surface area contributed by atoms with Gasteiger partial charge in [-0.15, -0.1) is 11.3 Å². The first kappa shape index (κ1) is 20.3. The average Bonchev–Trinajstić information content (AvgIpc) is 3.05. The summed E-state index contributed by atoms with van der Waals surface area (Å²) in [5.74, 6) is 1.15. The van der Waals surface area contributed by atoms with Crippen molar-refractivity contribution in [3.63, 3.8) is 0 Å². The van der Waals surface area contributed by atoms with Crippen molar-refractivity contribution >= 4 is 56.7 Å². The maximum atomic E-state index is 12.5. The number of carbonyl (C=O) groups excluding carboxylic acids is 1. The second-order valence-electron chi connectivity index (χ2n) is 5.49. The molecule has 0 unspecified atom stereocenters. The third-order valence-electron chi connectivity index (χ3n) is 3.93. The van der Waals surface area contributed by atoms with Crippen LogP contribution in [0.3, 0.4) is 0 Å².